The van der Waals surface area contributed by atoms with Crippen LogP contribution >= 0.6 is 0 Å². The predicted molar refractivity (Wildman–Crippen MR) is 93.6 cm³/mol. The number of fused-ring (bicyclic) bond motifs is 1. The van der Waals surface area contributed by atoms with Gasteiger partial charge in [0.25, 0.3) is 0 Å². The summed E-state index contributed by atoms with van der Waals surface area (Å²) in [5.74, 6) is 0. The summed E-state index contributed by atoms with van der Waals surface area (Å²) >= 11 is 0. The van der Waals surface area contributed by atoms with Gasteiger partial charge in [0, 0.05) is 38.3 Å². The third kappa shape index (κ3) is 3.30. The van der Waals surface area contributed by atoms with Crippen molar-refractivity contribution in [2.45, 2.75) is 75.5 Å². The molecule has 4 rings (SSSR count). The van der Waals surface area contributed by atoms with Gasteiger partial charge in [-0.05, 0) is 38.5 Å². The first-order valence-corrected chi connectivity index (χ1v) is 9.94. The van der Waals surface area contributed by atoms with Gasteiger partial charge in [0.2, 0.25) is 0 Å². The van der Waals surface area contributed by atoms with E-state index in [1.54, 1.807) is 0 Å². The number of piperidine rings is 2. The molecule has 1 saturated carbocycles. The molecule has 25 heavy (non-hydrogen) atoms. The van der Waals surface area contributed by atoms with Gasteiger partial charge in [-0.3, -0.25) is 0 Å². The van der Waals surface area contributed by atoms with E-state index in [-0.39, 0.29) is 6.03 Å². The van der Waals surface area contributed by atoms with E-state index in [4.69, 9.17) is 5.11 Å². The topological polar surface area (TPSA) is 76.1 Å². The second-order valence-electron chi connectivity index (χ2n) is 8.08. The zero-order valence-corrected chi connectivity index (χ0v) is 14.9. The number of likely N-dealkylation sites (tertiary alicyclic amines) is 2. The molecular formula is C18H30N4O3. The Morgan fingerprint density at radius 3 is 2.24 bits per heavy atom. The number of carboxylic acid groups (broad SMARTS) is 1. The first kappa shape index (κ1) is 16.9. The van der Waals surface area contributed by atoms with Crippen molar-refractivity contribution < 1.29 is 14.7 Å². The molecular weight excluding hydrogens is 320 g/mol. The van der Waals surface area contributed by atoms with Crippen LogP contribution in [0.5, 0.6) is 0 Å². The average Bonchev–Trinajstić information content (AvgIpc) is 2.97. The lowest BCUT2D eigenvalue weighted by molar-refractivity contribution is 0.0553. The SMILES string of the molecule is O=C(O)N1CCC(N2CCC(N3C(=O)N[C@H]4CCCC[C@H]43)CC2)CC1. The van der Waals surface area contributed by atoms with Crippen LogP contribution in [0.3, 0.4) is 0 Å². The maximum absolute atomic E-state index is 12.5. The van der Waals surface area contributed by atoms with Crippen molar-refractivity contribution >= 4 is 12.1 Å². The number of hydrogen-bond acceptors (Lipinski definition) is 3. The highest BCUT2D eigenvalue weighted by atomic mass is 16.4. The highest BCUT2D eigenvalue weighted by Crippen LogP contribution is 2.33. The Labute approximate surface area is 149 Å². The highest BCUT2D eigenvalue weighted by Gasteiger charge is 2.44. The van der Waals surface area contributed by atoms with Gasteiger partial charge in [-0.25, -0.2) is 9.59 Å². The standard InChI is InChI=1S/C18H30N4O3/c23-17-19-15-3-1-2-4-16(15)22(17)14-7-9-20(10-8-14)13-5-11-21(12-6-13)18(24)25/h13-16H,1-12H2,(H,19,23)(H,24,25)/t15-,16+/m0/s1. The molecule has 0 bridgehead atoms. The largest absolute Gasteiger partial charge is 0.465 e. The average molecular weight is 350 g/mol. The Balaban J connectivity index is 1.30. The quantitative estimate of drug-likeness (QED) is 0.798. The highest BCUT2D eigenvalue weighted by molar-refractivity contribution is 5.78. The van der Waals surface area contributed by atoms with Crippen LogP contribution < -0.4 is 5.32 Å². The van der Waals surface area contributed by atoms with Gasteiger partial charge in [-0.2, -0.15) is 0 Å². The molecule has 3 aliphatic heterocycles. The third-order valence-corrected chi connectivity index (χ3v) is 6.77. The first-order chi connectivity index (χ1) is 12.1. The van der Waals surface area contributed by atoms with Crippen molar-refractivity contribution in [3.8, 4) is 0 Å². The zero-order valence-electron chi connectivity index (χ0n) is 14.9. The van der Waals surface area contributed by atoms with E-state index < -0.39 is 6.09 Å². The van der Waals surface area contributed by atoms with Crippen LogP contribution in [0.25, 0.3) is 0 Å². The summed E-state index contributed by atoms with van der Waals surface area (Å²) in [6, 6.07) is 1.83. The van der Waals surface area contributed by atoms with Gasteiger partial charge in [0.15, 0.2) is 0 Å². The van der Waals surface area contributed by atoms with E-state index in [1.165, 1.54) is 17.7 Å². The smallest absolute Gasteiger partial charge is 0.407 e. The molecule has 3 heterocycles. The molecule has 0 aromatic heterocycles. The molecule has 1 aliphatic carbocycles. The Bertz CT molecular complexity index is 512. The molecule has 2 N–H and O–H groups in total. The fraction of sp³-hybridized carbons (Fsp3) is 0.889. The summed E-state index contributed by atoms with van der Waals surface area (Å²) in [7, 11) is 0. The predicted octanol–water partition coefficient (Wildman–Crippen LogP) is 1.93. The van der Waals surface area contributed by atoms with Gasteiger partial charge in [0.1, 0.15) is 0 Å². The van der Waals surface area contributed by atoms with E-state index in [9.17, 15) is 9.59 Å². The van der Waals surface area contributed by atoms with Crippen LogP contribution in [-0.2, 0) is 0 Å². The van der Waals surface area contributed by atoms with Crippen LogP contribution in [0, 0.1) is 0 Å². The number of rotatable bonds is 2. The first-order valence-electron chi connectivity index (χ1n) is 9.94. The number of nitrogens with zero attached hydrogens (tertiary/aromatic N) is 3. The van der Waals surface area contributed by atoms with Gasteiger partial charge >= 0.3 is 12.1 Å². The van der Waals surface area contributed by atoms with E-state index in [0.717, 1.165) is 51.6 Å². The number of carbonyl (C=O) groups excluding carboxylic acids is 1. The Morgan fingerprint density at radius 1 is 0.920 bits per heavy atom. The number of urea groups is 1. The molecule has 4 aliphatic rings. The summed E-state index contributed by atoms with van der Waals surface area (Å²) < 4.78 is 0. The van der Waals surface area contributed by atoms with Gasteiger partial charge in [0.05, 0.1) is 12.1 Å². The molecule has 140 valence electrons. The Hall–Kier alpha value is -1.50. The summed E-state index contributed by atoms with van der Waals surface area (Å²) in [5, 5.41) is 12.3. The molecule has 2 atom stereocenters. The number of amides is 3. The normalized spacial score (nSPS) is 32.6. The molecule has 3 saturated heterocycles. The van der Waals surface area contributed by atoms with Crippen molar-refractivity contribution in [3.05, 3.63) is 0 Å². The van der Waals surface area contributed by atoms with E-state index in [1.807, 2.05) is 0 Å². The minimum Gasteiger partial charge on any atom is -0.465 e. The minimum absolute atomic E-state index is 0.158. The molecule has 0 radical (unpaired) electrons. The van der Waals surface area contributed by atoms with Crippen LogP contribution in [-0.4, -0.2) is 82.3 Å². The number of carbonyl (C=O) groups is 2. The van der Waals surface area contributed by atoms with E-state index >= 15 is 0 Å². The molecule has 4 fully saturated rings. The maximum atomic E-state index is 12.5. The van der Waals surface area contributed by atoms with Gasteiger partial charge in [-0.1, -0.05) is 12.8 Å². The molecule has 0 spiro atoms. The molecule has 0 aromatic rings. The lowest BCUT2D eigenvalue weighted by Crippen LogP contribution is -2.53. The minimum atomic E-state index is -0.792. The number of nitrogens with one attached hydrogen (secondary N) is 1. The van der Waals surface area contributed by atoms with Crippen LogP contribution in [0.1, 0.15) is 51.4 Å². The van der Waals surface area contributed by atoms with E-state index in [2.05, 4.69) is 15.1 Å². The molecule has 7 heteroatoms. The molecule has 0 aromatic carbocycles. The summed E-state index contributed by atoms with van der Waals surface area (Å²) in [4.78, 5) is 29.7. The van der Waals surface area contributed by atoms with Crippen LogP contribution in [0.15, 0.2) is 0 Å². The van der Waals surface area contributed by atoms with Crippen molar-refractivity contribution in [1.82, 2.24) is 20.0 Å². The molecule has 3 amide bonds. The van der Waals surface area contributed by atoms with Crippen LogP contribution in [0.4, 0.5) is 9.59 Å². The second kappa shape index (κ2) is 7.02. The Morgan fingerprint density at radius 2 is 1.56 bits per heavy atom. The third-order valence-electron chi connectivity index (χ3n) is 6.77. The monoisotopic (exact) mass is 350 g/mol. The fourth-order valence-corrected chi connectivity index (χ4v) is 5.38. The summed E-state index contributed by atoms with van der Waals surface area (Å²) in [6.07, 6.45) is 7.95. The summed E-state index contributed by atoms with van der Waals surface area (Å²) in [5.41, 5.74) is 0. The van der Waals surface area contributed by atoms with Crippen molar-refractivity contribution in [1.29, 1.82) is 0 Å². The van der Waals surface area contributed by atoms with Gasteiger partial charge < -0.3 is 25.1 Å². The summed E-state index contributed by atoms with van der Waals surface area (Å²) in [6.45, 7) is 3.36. The van der Waals surface area contributed by atoms with Crippen molar-refractivity contribution in [2.75, 3.05) is 26.2 Å². The second-order valence-corrected chi connectivity index (χ2v) is 8.08. The van der Waals surface area contributed by atoms with Crippen molar-refractivity contribution in [3.63, 3.8) is 0 Å². The zero-order chi connectivity index (χ0) is 17.4. The van der Waals surface area contributed by atoms with E-state index in [0.29, 0.717) is 37.3 Å². The van der Waals surface area contributed by atoms with Gasteiger partial charge in [-0.15, -0.1) is 0 Å². The van der Waals surface area contributed by atoms with Crippen molar-refractivity contribution in [2.24, 2.45) is 0 Å². The molecule has 7 nitrogen and oxygen atoms in total. The number of hydrogen-bond donors (Lipinski definition) is 2. The van der Waals surface area contributed by atoms with Crippen LogP contribution in [0.2, 0.25) is 0 Å². The fourth-order valence-electron chi connectivity index (χ4n) is 5.38. The lowest BCUT2D eigenvalue weighted by Gasteiger charge is -2.44. The lowest BCUT2D eigenvalue weighted by atomic mass is 9.89. The maximum Gasteiger partial charge on any atom is 0.407 e. The Kier molecular flexibility index (Phi) is 4.75. The molecule has 0 unspecified atom stereocenters.